The Morgan fingerprint density at radius 2 is 1.67 bits per heavy atom. The number of benzene rings is 3. The van der Waals surface area contributed by atoms with Crippen LogP contribution in [0, 0.1) is 19.8 Å². The summed E-state index contributed by atoms with van der Waals surface area (Å²) in [6.07, 6.45) is 6.16. The molecule has 7 nitrogen and oxygen atoms in total. The Balaban J connectivity index is 1.08. The highest BCUT2D eigenvalue weighted by atomic mass is 16.5. The molecule has 0 unspecified atom stereocenters. The molecule has 1 fully saturated rings. The van der Waals surface area contributed by atoms with Crippen molar-refractivity contribution in [3.05, 3.63) is 83.2 Å². The van der Waals surface area contributed by atoms with Crippen molar-refractivity contribution < 1.29 is 19.0 Å². The quantitative estimate of drug-likeness (QED) is 0.144. The highest BCUT2D eigenvalue weighted by molar-refractivity contribution is 5.98. The molecule has 0 saturated carbocycles. The number of nitrogens with zero attached hydrogens (tertiary/aromatic N) is 3. The minimum Gasteiger partial charge on any atom is -0.497 e. The van der Waals surface area contributed by atoms with Crippen LogP contribution in [0.1, 0.15) is 65.8 Å². The first kappa shape index (κ1) is 30.6. The molecule has 228 valence electrons. The van der Waals surface area contributed by atoms with E-state index < -0.39 is 0 Å². The van der Waals surface area contributed by atoms with Crippen LogP contribution in [-0.2, 0) is 13.2 Å². The molecule has 1 aliphatic heterocycles. The molecule has 0 spiro atoms. The van der Waals surface area contributed by atoms with Crippen LogP contribution in [0.25, 0.3) is 11.0 Å². The summed E-state index contributed by atoms with van der Waals surface area (Å²) in [6, 6.07) is 20.0. The van der Waals surface area contributed by atoms with Gasteiger partial charge >= 0.3 is 0 Å². The Hall–Kier alpha value is -3.84. The molecule has 3 aromatic carbocycles. The maximum Gasteiger partial charge on any atom is 0.166 e. The monoisotopic (exact) mass is 583 g/mol. The van der Waals surface area contributed by atoms with Gasteiger partial charge in [-0.15, -0.1) is 0 Å². The van der Waals surface area contributed by atoms with Gasteiger partial charge in [-0.25, -0.2) is 4.98 Å². The summed E-state index contributed by atoms with van der Waals surface area (Å²) in [7, 11) is 3.20. The van der Waals surface area contributed by atoms with E-state index in [9.17, 15) is 4.79 Å². The van der Waals surface area contributed by atoms with Gasteiger partial charge in [0.25, 0.3) is 0 Å². The largest absolute Gasteiger partial charge is 0.497 e. The second-order valence-corrected chi connectivity index (χ2v) is 11.7. The van der Waals surface area contributed by atoms with Crippen molar-refractivity contribution in [3.8, 4) is 17.2 Å². The second-order valence-electron chi connectivity index (χ2n) is 11.7. The van der Waals surface area contributed by atoms with Crippen molar-refractivity contribution in [2.45, 2.75) is 65.5 Å². The highest BCUT2D eigenvalue weighted by Gasteiger charge is 2.20. The third-order valence-electron chi connectivity index (χ3n) is 8.74. The molecule has 1 aromatic heterocycles. The van der Waals surface area contributed by atoms with Crippen LogP contribution in [0.2, 0.25) is 0 Å². The smallest absolute Gasteiger partial charge is 0.166 e. The lowest BCUT2D eigenvalue weighted by molar-refractivity contribution is 0.0966. The summed E-state index contributed by atoms with van der Waals surface area (Å²) in [5, 5.41) is 0. The maximum absolute atomic E-state index is 12.8. The Labute approximate surface area is 255 Å². The molecule has 0 bridgehead atoms. The number of likely N-dealkylation sites (tertiary alicyclic amines) is 1. The number of fused-ring (bicyclic) bond motifs is 1. The number of rotatable bonds is 14. The Bertz CT molecular complexity index is 1500. The van der Waals surface area contributed by atoms with Crippen molar-refractivity contribution in [2.24, 2.45) is 5.92 Å². The molecule has 43 heavy (non-hydrogen) atoms. The summed E-state index contributed by atoms with van der Waals surface area (Å²) >= 11 is 0. The molecule has 0 N–H and O–H groups in total. The molecule has 0 amide bonds. The standard InChI is InChI=1S/C36H45N3O4/c1-26-12-14-29(15-13-26)43-25-35-37-36-27(2)8-5-10-32(36)39(35)21-6-9-28-18-22-38(23-19-28)20-7-11-33(40)31-17-16-30(41-3)24-34(31)42-4/h5,8,10,12-17,24,28H,6-7,9,11,18-23,25H2,1-4H3. The van der Waals surface area contributed by atoms with Crippen LogP contribution in [0.4, 0.5) is 0 Å². The van der Waals surface area contributed by atoms with Crippen molar-refractivity contribution in [2.75, 3.05) is 33.9 Å². The van der Waals surface area contributed by atoms with Crippen molar-refractivity contribution in [3.63, 3.8) is 0 Å². The van der Waals surface area contributed by atoms with Gasteiger partial charge in [0.05, 0.1) is 30.8 Å². The summed E-state index contributed by atoms with van der Waals surface area (Å²) in [4.78, 5) is 20.3. The number of carbonyl (C=O) groups excluding carboxylic acids is 1. The van der Waals surface area contributed by atoms with E-state index in [4.69, 9.17) is 19.2 Å². The topological polar surface area (TPSA) is 65.8 Å². The van der Waals surface area contributed by atoms with Crippen LogP contribution >= 0.6 is 0 Å². The summed E-state index contributed by atoms with van der Waals surface area (Å²) in [5.74, 6) is 4.00. The minimum absolute atomic E-state index is 0.125. The third kappa shape index (κ3) is 7.77. The minimum atomic E-state index is 0.125. The first-order valence-corrected chi connectivity index (χ1v) is 15.6. The third-order valence-corrected chi connectivity index (χ3v) is 8.74. The van der Waals surface area contributed by atoms with Gasteiger partial charge < -0.3 is 23.7 Å². The van der Waals surface area contributed by atoms with Gasteiger partial charge in [0, 0.05) is 19.0 Å². The zero-order chi connectivity index (χ0) is 30.2. The number of carbonyl (C=O) groups is 1. The first-order valence-electron chi connectivity index (χ1n) is 15.6. The average Bonchev–Trinajstić information content (AvgIpc) is 3.39. The van der Waals surface area contributed by atoms with Crippen LogP contribution in [0.3, 0.4) is 0 Å². The van der Waals surface area contributed by atoms with E-state index in [1.807, 2.05) is 18.2 Å². The van der Waals surface area contributed by atoms with E-state index in [1.54, 1.807) is 26.4 Å². The fourth-order valence-electron chi connectivity index (χ4n) is 6.14. The molecular weight excluding hydrogens is 538 g/mol. The van der Waals surface area contributed by atoms with Crippen LogP contribution in [0.15, 0.2) is 60.7 Å². The van der Waals surface area contributed by atoms with Crippen LogP contribution in [-0.4, -0.2) is 54.1 Å². The number of aryl methyl sites for hydroxylation is 3. The molecule has 1 aliphatic rings. The fourth-order valence-corrected chi connectivity index (χ4v) is 6.14. The van der Waals surface area contributed by atoms with Gasteiger partial charge in [-0.1, -0.05) is 29.8 Å². The average molecular weight is 584 g/mol. The van der Waals surface area contributed by atoms with Gasteiger partial charge in [-0.3, -0.25) is 4.79 Å². The lowest BCUT2D eigenvalue weighted by Gasteiger charge is -2.32. The molecule has 4 aromatic rings. The number of imidazole rings is 1. The highest BCUT2D eigenvalue weighted by Crippen LogP contribution is 2.28. The predicted octanol–water partition coefficient (Wildman–Crippen LogP) is 7.40. The van der Waals surface area contributed by atoms with Crippen LogP contribution < -0.4 is 14.2 Å². The molecule has 0 aliphatic carbocycles. The Morgan fingerprint density at radius 3 is 2.42 bits per heavy atom. The van der Waals surface area contributed by atoms with Gasteiger partial charge in [0.2, 0.25) is 0 Å². The summed E-state index contributed by atoms with van der Waals surface area (Å²) in [5.41, 5.74) is 5.32. The number of hydrogen-bond acceptors (Lipinski definition) is 6. The molecule has 0 radical (unpaired) electrons. The number of para-hydroxylation sites is 1. The Kier molecular flexibility index (Phi) is 10.4. The predicted molar refractivity (Wildman–Crippen MR) is 171 cm³/mol. The summed E-state index contributed by atoms with van der Waals surface area (Å²) in [6.45, 7) is 8.79. The lowest BCUT2D eigenvalue weighted by Crippen LogP contribution is -2.34. The SMILES string of the molecule is COc1ccc(C(=O)CCCN2CCC(CCCn3c(COc4ccc(C)cc4)nc4c(C)cccc43)CC2)c(OC)c1. The van der Waals surface area contributed by atoms with E-state index >= 15 is 0 Å². The number of ketones is 1. The number of methoxy groups -OCH3 is 2. The molecular formula is C36H45N3O4. The molecule has 0 atom stereocenters. The lowest BCUT2D eigenvalue weighted by atomic mass is 9.92. The Morgan fingerprint density at radius 1 is 0.907 bits per heavy atom. The van der Waals surface area contributed by atoms with Gasteiger partial charge in [-0.2, -0.15) is 0 Å². The number of Topliss-reactive ketones (excluding diaryl/α,β-unsaturated/α-hetero) is 1. The van der Waals surface area contributed by atoms with Crippen molar-refractivity contribution in [1.29, 1.82) is 0 Å². The van der Waals surface area contributed by atoms with E-state index in [-0.39, 0.29) is 5.78 Å². The number of ether oxygens (including phenoxy) is 3. The normalized spacial score (nSPS) is 14.2. The first-order chi connectivity index (χ1) is 20.9. The van der Waals surface area contributed by atoms with Gasteiger partial charge in [-0.05, 0) is 107 Å². The fraction of sp³-hybridized carbons (Fsp3) is 0.444. The number of piperidine rings is 1. The van der Waals surface area contributed by atoms with E-state index in [0.29, 0.717) is 30.1 Å². The van der Waals surface area contributed by atoms with Crippen LogP contribution in [0.5, 0.6) is 17.2 Å². The van der Waals surface area contributed by atoms with Crippen molar-refractivity contribution in [1.82, 2.24) is 14.5 Å². The van der Waals surface area contributed by atoms with E-state index in [0.717, 1.165) is 62.0 Å². The van der Waals surface area contributed by atoms with E-state index in [2.05, 4.69) is 53.6 Å². The maximum atomic E-state index is 12.8. The number of hydrogen-bond donors (Lipinski definition) is 0. The molecule has 1 saturated heterocycles. The zero-order valence-corrected chi connectivity index (χ0v) is 26.1. The molecule has 7 heteroatoms. The molecule has 2 heterocycles. The van der Waals surface area contributed by atoms with Gasteiger partial charge in [0.1, 0.15) is 29.7 Å². The number of aromatic nitrogens is 2. The second kappa shape index (κ2) is 14.6. The molecule has 5 rings (SSSR count). The zero-order valence-electron chi connectivity index (χ0n) is 26.1. The van der Waals surface area contributed by atoms with Crippen molar-refractivity contribution >= 4 is 16.8 Å². The summed E-state index contributed by atoms with van der Waals surface area (Å²) < 4.78 is 19.2. The van der Waals surface area contributed by atoms with E-state index in [1.165, 1.54) is 35.9 Å². The van der Waals surface area contributed by atoms with Gasteiger partial charge in [0.15, 0.2) is 5.78 Å².